The summed E-state index contributed by atoms with van der Waals surface area (Å²) in [4.78, 5) is 19.4. The van der Waals surface area contributed by atoms with Crippen molar-refractivity contribution in [3.8, 4) is 22.7 Å². The van der Waals surface area contributed by atoms with E-state index in [0.29, 0.717) is 40.5 Å². The number of halogens is 3. The highest BCUT2D eigenvalue weighted by molar-refractivity contribution is 9.10. The SMILES string of the molecule is O=C(/C=C/c1ccccc1Br)N1CCC(c2nc(-c3cc(-c4ccc(Cl)c(Cl)c4)no3)cs2)CC1. The van der Waals surface area contributed by atoms with E-state index in [9.17, 15) is 4.79 Å². The van der Waals surface area contributed by atoms with Crippen LogP contribution in [0, 0.1) is 0 Å². The summed E-state index contributed by atoms with van der Waals surface area (Å²) in [7, 11) is 0. The van der Waals surface area contributed by atoms with Crippen LogP contribution in [-0.4, -0.2) is 34.0 Å². The highest BCUT2D eigenvalue weighted by Gasteiger charge is 2.25. The number of hydrogen-bond acceptors (Lipinski definition) is 5. The Morgan fingerprint density at radius 2 is 1.89 bits per heavy atom. The van der Waals surface area contributed by atoms with Crippen LogP contribution in [0.1, 0.15) is 29.3 Å². The van der Waals surface area contributed by atoms with Gasteiger partial charge in [-0.25, -0.2) is 4.98 Å². The zero-order valence-corrected chi connectivity index (χ0v) is 22.4. The van der Waals surface area contributed by atoms with E-state index in [1.807, 2.05) is 52.8 Å². The number of likely N-dealkylation sites (tertiary alicyclic amines) is 1. The summed E-state index contributed by atoms with van der Waals surface area (Å²) in [5.74, 6) is 0.969. The van der Waals surface area contributed by atoms with Crippen LogP contribution in [-0.2, 0) is 4.79 Å². The minimum atomic E-state index is 0.0375. The molecule has 0 N–H and O–H groups in total. The summed E-state index contributed by atoms with van der Waals surface area (Å²) in [6.45, 7) is 1.42. The van der Waals surface area contributed by atoms with Gasteiger partial charge in [-0.15, -0.1) is 11.3 Å². The highest BCUT2D eigenvalue weighted by Crippen LogP contribution is 2.35. The molecule has 1 saturated heterocycles. The maximum atomic E-state index is 12.6. The van der Waals surface area contributed by atoms with Gasteiger partial charge in [0.15, 0.2) is 5.76 Å². The summed E-state index contributed by atoms with van der Waals surface area (Å²) in [6, 6.07) is 15.1. The molecule has 5 rings (SSSR count). The molecule has 2 aromatic carbocycles. The topological polar surface area (TPSA) is 59.2 Å². The zero-order chi connectivity index (χ0) is 24.4. The minimum absolute atomic E-state index is 0.0375. The van der Waals surface area contributed by atoms with Crippen LogP contribution in [0.15, 0.2) is 69.0 Å². The normalized spacial score (nSPS) is 14.7. The second kappa shape index (κ2) is 10.7. The number of amides is 1. The van der Waals surface area contributed by atoms with Crippen molar-refractivity contribution < 1.29 is 9.32 Å². The van der Waals surface area contributed by atoms with Gasteiger partial charge in [0.05, 0.1) is 15.1 Å². The second-order valence-electron chi connectivity index (χ2n) is 8.23. The zero-order valence-electron chi connectivity index (χ0n) is 18.5. The second-order valence-corrected chi connectivity index (χ2v) is 10.8. The fourth-order valence-electron chi connectivity index (χ4n) is 4.00. The first-order valence-electron chi connectivity index (χ1n) is 11.1. The third kappa shape index (κ3) is 5.54. The van der Waals surface area contributed by atoms with Crippen LogP contribution in [0.25, 0.3) is 28.8 Å². The van der Waals surface area contributed by atoms with E-state index in [2.05, 4.69) is 21.1 Å². The number of rotatable bonds is 5. The Hall–Kier alpha value is -2.45. The molecule has 0 unspecified atom stereocenters. The largest absolute Gasteiger partial charge is 0.354 e. The van der Waals surface area contributed by atoms with Crippen LogP contribution in [0.5, 0.6) is 0 Å². The number of aromatic nitrogens is 2. The third-order valence-electron chi connectivity index (χ3n) is 5.97. The van der Waals surface area contributed by atoms with Crippen molar-refractivity contribution in [1.29, 1.82) is 0 Å². The molecule has 0 spiro atoms. The Morgan fingerprint density at radius 3 is 2.66 bits per heavy atom. The number of benzene rings is 2. The first kappa shape index (κ1) is 24.3. The molecule has 0 atom stereocenters. The number of hydrogen-bond donors (Lipinski definition) is 0. The van der Waals surface area contributed by atoms with Crippen LogP contribution in [0.2, 0.25) is 10.0 Å². The van der Waals surface area contributed by atoms with Crippen LogP contribution in [0.3, 0.4) is 0 Å². The Labute approximate surface area is 225 Å². The summed E-state index contributed by atoms with van der Waals surface area (Å²) < 4.78 is 6.52. The van der Waals surface area contributed by atoms with E-state index in [1.165, 1.54) is 0 Å². The van der Waals surface area contributed by atoms with Crippen LogP contribution < -0.4 is 0 Å². The number of nitrogens with zero attached hydrogens (tertiary/aromatic N) is 3. The van der Waals surface area contributed by atoms with Crippen molar-refractivity contribution >= 4 is 62.5 Å². The van der Waals surface area contributed by atoms with Gasteiger partial charge in [0.1, 0.15) is 11.4 Å². The van der Waals surface area contributed by atoms with Crippen LogP contribution in [0.4, 0.5) is 0 Å². The monoisotopic (exact) mass is 587 g/mol. The Balaban J connectivity index is 1.20. The molecule has 1 fully saturated rings. The molecule has 4 aromatic rings. The first-order chi connectivity index (χ1) is 17.0. The number of carbonyl (C=O) groups is 1. The lowest BCUT2D eigenvalue weighted by molar-refractivity contribution is -0.126. The molecule has 178 valence electrons. The highest BCUT2D eigenvalue weighted by atomic mass is 79.9. The Kier molecular flexibility index (Phi) is 7.39. The summed E-state index contributed by atoms with van der Waals surface area (Å²) in [6.07, 6.45) is 5.27. The lowest BCUT2D eigenvalue weighted by Crippen LogP contribution is -2.36. The van der Waals surface area contributed by atoms with E-state index in [0.717, 1.165) is 39.1 Å². The molecular weight excluding hydrogens is 569 g/mol. The number of carbonyl (C=O) groups excluding carboxylic acids is 1. The van der Waals surface area contributed by atoms with Crippen molar-refractivity contribution in [1.82, 2.24) is 15.0 Å². The fraction of sp³-hybridized carbons (Fsp3) is 0.192. The van der Waals surface area contributed by atoms with Gasteiger partial charge in [-0.05, 0) is 42.7 Å². The first-order valence-corrected chi connectivity index (χ1v) is 13.5. The number of piperidine rings is 1. The van der Waals surface area contributed by atoms with E-state index in [4.69, 9.17) is 32.7 Å². The average molecular weight is 589 g/mol. The standard InChI is InChI=1S/C26H20BrCl2N3O2S/c27-19-4-2-1-3-16(19)6-8-25(33)32-11-9-17(10-12-32)26-30-23(15-35-26)24-14-22(31-34-24)18-5-7-20(28)21(29)13-18/h1-8,13-15,17H,9-12H2/b8-6+. The van der Waals surface area contributed by atoms with Gasteiger partial charge in [0, 0.05) is 46.6 Å². The molecule has 0 radical (unpaired) electrons. The smallest absolute Gasteiger partial charge is 0.246 e. The molecule has 0 aliphatic carbocycles. The van der Waals surface area contributed by atoms with E-state index >= 15 is 0 Å². The molecule has 1 aliphatic heterocycles. The van der Waals surface area contributed by atoms with Gasteiger partial charge in [-0.2, -0.15) is 0 Å². The Bertz CT molecular complexity index is 1390. The van der Waals surface area contributed by atoms with Gasteiger partial charge in [0.25, 0.3) is 0 Å². The summed E-state index contributed by atoms with van der Waals surface area (Å²) in [5, 5.41) is 8.18. The fourth-order valence-corrected chi connectivity index (χ4v) is 5.69. The molecule has 3 heterocycles. The minimum Gasteiger partial charge on any atom is -0.354 e. The van der Waals surface area contributed by atoms with Crippen molar-refractivity contribution in [3.05, 3.63) is 85.1 Å². The van der Waals surface area contributed by atoms with Crippen molar-refractivity contribution in [3.63, 3.8) is 0 Å². The van der Waals surface area contributed by atoms with Crippen molar-refractivity contribution in [2.75, 3.05) is 13.1 Å². The van der Waals surface area contributed by atoms with Crippen LogP contribution >= 0.6 is 50.5 Å². The van der Waals surface area contributed by atoms with Gasteiger partial charge >= 0.3 is 0 Å². The Morgan fingerprint density at radius 1 is 1.09 bits per heavy atom. The van der Waals surface area contributed by atoms with E-state index in [1.54, 1.807) is 29.5 Å². The van der Waals surface area contributed by atoms with Gasteiger partial charge in [-0.3, -0.25) is 4.79 Å². The third-order valence-corrected chi connectivity index (χ3v) is 8.43. The van der Waals surface area contributed by atoms with Crippen molar-refractivity contribution in [2.24, 2.45) is 0 Å². The quantitative estimate of drug-likeness (QED) is 0.222. The molecular formula is C26H20BrCl2N3O2S. The lowest BCUT2D eigenvalue weighted by atomic mass is 9.97. The predicted octanol–water partition coefficient (Wildman–Crippen LogP) is 7.95. The lowest BCUT2D eigenvalue weighted by Gasteiger charge is -2.30. The maximum Gasteiger partial charge on any atom is 0.246 e. The molecule has 9 heteroatoms. The molecule has 0 bridgehead atoms. The van der Waals surface area contributed by atoms with E-state index < -0.39 is 0 Å². The van der Waals surface area contributed by atoms with E-state index in [-0.39, 0.29) is 5.91 Å². The molecule has 2 aromatic heterocycles. The average Bonchev–Trinajstić information content (AvgIpc) is 3.55. The van der Waals surface area contributed by atoms with Gasteiger partial charge < -0.3 is 9.42 Å². The van der Waals surface area contributed by atoms with Gasteiger partial charge in [0.2, 0.25) is 5.91 Å². The molecule has 35 heavy (non-hydrogen) atoms. The van der Waals surface area contributed by atoms with Gasteiger partial charge in [-0.1, -0.05) is 68.6 Å². The maximum absolute atomic E-state index is 12.6. The molecule has 0 saturated carbocycles. The molecule has 1 aliphatic rings. The predicted molar refractivity (Wildman–Crippen MR) is 145 cm³/mol. The summed E-state index contributed by atoms with van der Waals surface area (Å²) >= 11 is 17.3. The summed E-state index contributed by atoms with van der Waals surface area (Å²) in [5.41, 5.74) is 3.26. The van der Waals surface area contributed by atoms with Crippen molar-refractivity contribution in [2.45, 2.75) is 18.8 Å². The molecule has 1 amide bonds. The number of thiazole rings is 1. The molecule has 5 nitrogen and oxygen atoms in total.